The highest BCUT2D eigenvalue weighted by Gasteiger charge is 2.33. The molecule has 1 aliphatic heterocycles. The van der Waals surface area contributed by atoms with Gasteiger partial charge in [0.2, 0.25) is 5.91 Å². The second-order valence-corrected chi connectivity index (χ2v) is 7.28. The fourth-order valence-corrected chi connectivity index (χ4v) is 4.15. The molecule has 1 atom stereocenters. The van der Waals surface area contributed by atoms with Crippen LogP contribution >= 0.6 is 0 Å². The zero-order valence-electron chi connectivity index (χ0n) is 17.4. The Balaban J connectivity index is 1.94. The Hall–Kier alpha value is -3.48. The maximum atomic E-state index is 13.1. The second kappa shape index (κ2) is 7.74. The topological polar surface area (TPSA) is 80.9 Å². The summed E-state index contributed by atoms with van der Waals surface area (Å²) in [6, 6.07) is 10.7. The van der Waals surface area contributed by atoms with Gasteiger partial charge in [-0.05, 0) is 53.3 Å². The average molecular weight is 408 g/mol. The molecule has 0 saturated carbocycles. The van der Waals surface area contributed by atoms with E-state index in [0.29, 0.717) is 41.3 Å². The largest absolute Gasteiger partial charge is 0.497 e. The zero-order valence-corrected chi connectivity index (χ0v) is 17.4. The standard InChI is InChI=1S/C23H24N2O5/c1-13(26)25-8-7-14-10-20(29-3)21(30-4)12-17(14)22(25)18-9-15-5-6-16(28-2)11-19(15)24-23(18)27/h5-6,9-12,22H,7-8H2,1-4H3,(H,24,27)/t22-/m0/s1. The summed E-state index contributed by atoms with van der Waals surface area (Å²) in [5.74, 6) is 1.77. The van der Waals surface area contributed by atoms with E-state index in [4.69, 9.17) is 14.2 Å². The van der Waals surface area contributed by atoms with E-state index in [-0.39, 0.29) is 11.5 Å². The van der Waals surface area contributed by atoms with Crippen molar-refractivity contribution in [1.29, 1.82) is 0 Å². The fourth-order valence-electron chi connectivity index (χ4n) is 4.15. The summed E-state index contributed by atoms with van der Waals surface area (Å²) >= 11 is 0. The van der Waals surface area contributed by atoms with Gasteiger partial charge in [-0.15, -0.1) is 0 Å². The number of fused-ring (bicyclic) bond motifs is 2. The van der Waals surface area contributed by atoms with Gasteiger partial charge < -0.3 is 24.1 Å². The van der Waals surface area contributed by atoms with Gasteiger partial charge in [-0.1, -0.05) is 0 Å². The van der Waals surface area contributed by atoms with Crippen molar-refractivity contribution in [3.8, 4) is 17.2 Å². The third kappa shape index (κ3) is 3.26. The van der Waals surface area contributed by atoms with Gasteiger partial charge in [0.25, 0.3) is 5.56 Å². The van der Waals surface area contributed by atoms with E-state index in [0.717, 1.165) is 16.5 Å². The van der Waals surface area contributed by atoms with Crippen LogP contribution in [-0.4, -0.2) is 43.7 Å². The van der Waals surface area contributed by atoms with Gasteiger partial charge in [0, 0.05) is 25.1 Å². The molecule has 7 heteroatoms. The fraction of sp³-hybridized carbons (Fsp3) is 0.304. The third-order valence-electron chi connectivity index (χ3n) is 5.65. The highest BCUT2D eigenvalue weighted by atomic mass is 16.5. The summed E-state index contributed by atoms with van der Waals surface area (Å²) in [5.41, 5.74) is 2.85. The number of nitrogens with one attached hydrogen (secondary N) is 1. The summed E-state index contributed by atoms with van der Waals surface area (Å²) in [6.07, 6.45) is 0.675. The molecule has 1 N–H and O–H groups in total. The van der Waals surface area contributed by atoms with E-state index < -0.39 is 6.04 Å². The maximum Gasteiger partial charge on any atom is 0.254 e. The van der Waals surface area contributed by atoms with E-state index in [1.165, 1.54) is 6.92 Å². The van der Waals surface area contributed by atoms with Crippen molar-refractivity contribution in [2.24, 2.45) is 0 Å². The SMILES string of the molecule is COc1ccc2cc([C@@H]3c4cc(OC)c(OC)cc4CCN3C(C)=O)c(=O)[nH]c2c1. The average Bonchev–Trinajstić information content (AvgIpc) is 2.76. The first-order valence-corrected chi connectivity index (χ1v) is 9.69. The van der Waals surface area contributed by atoms with Crippen LogP contribution in [0.1, 0.15) is 29.7 Å². The Bertz CT molecular complexity index is 1180. The Morgan fingerprint density at radius 2 is 1.73 bits per heavy atom. The Morgan fingerprint density at radius 1 is 1.00 bits per heavy atom. The number of rotatable bonds is 4. The van der Waals surface area contributed by atoms with E-state index in [1.807, 2.05) is 30.3 Å². The van der Waals surface area contributed by atoms with Crippen molar-refractivity contribution in [1.82, 2.24) is 9.88 Å². The lowest BCUT2D eigenvalue weighted by Gasteiger charge is -2.37. The smallest absolute Gasteiger partial charge is 0.254 e. The maximum absolute atomic E-state index is 13.1. The Kier molecular flexibility index (Phi) is 5.11. The van der Waals surface area contributed by atoms with E-state index in [9.17, 15) is 9.59 Å². The Morgan fingerprint density at radius 3 is 2.40 bits per heavy atom. The van der Waals surface area contributed by atoms with Gasteiger partial charge in [0.15, 0.2) is 11.5 Å². The molecule has 0 spiro atoms. The van der Waals surface area contributed by atoms with Gasteiger partial charge in [-0.25, -0.2) is 0 Å². The lowest BCUT2D eigenvalue weighted by molar-refractivity contribution is -0.130. The zero-order chi connectivity index (χ0) is 21.4. The van der Waals surface area contributed by atoms with Crippen LogP contribution in [0.15, 0.2) is 41.2 Å². The molecule has 3 aromatic rings. The van der Waals surface area contributed by atoms with Crippen LogP contribution in [-0.2, 0) is 11.2 Å². The molecule has 0 radical (unpaired) electrons. The lowest BCUT2D eigenvalue weighted by Crippen LogP contribution is -2.41. The molecule has 7 nitrogen and oxygen atoms in total. The van der Waals surface area contributed by atoms with Crippen molar-refractivity contribution in [2.45, 2.75) is 19.4 Å². The number of carbonyl (C=O) groups excluding carboxylic acids is 1. The minimum atomic E-state index is -0.513. The van der Waals surface area contributed by atoms with Crippen LogP contribution in [0.5, 0.6) is 17.2 Å². The molecule has 0 bridgehead atoms. The third-order valence-corrected chi connectivity index (χ3v) is 5.65. The number of H-pyrrole nitrogens is 1. The number of benzene rings is 2. The lowest BCUT2D eigenvalue weighted by atomic mass is 9.87. The summed E-state index contributed by atoms with van der Waals surface area (Å²) in [7, 11) is 4.74. The summed E-state index contributed by atoms with van der Waals surface area (Å²) < 4.78 is 16.2. The molecular formula is C23H24N2O5. The number of ether oxygens (including phenoxy) is 3. The quantitative estimate of drug-likeness (QED) is 0.718. The predicted octanol–water partition coefficient (Wildman–Crippen LogP) is 3.05. The first kappa shape index (κ1) is 19.8. The molecule has 0 unspecified atom stereocenters. The predicted molar refractivity (Wildman–Crippen MR) is 114 cm³/mol. The summed E-state index contributed by atoms with van der Waals surface area (Å²) in [5, 5.41) is 0.863. The molecular weight excluding hydrogens is 384 g/mol. The van der Waals surface area contributed by atoms with E-state index in [1.54, 1.807) is 32.3 Å². The van der Waals surface area contributed by atoms with Crippen LogP contribution in [0.25, 0.3) is 10.9 Å². The van der Waals surface area contributed by atoms with E-state index in [2.05, 4.69) is 4.98 Å². The highest BCUT2D eigenvalue weighted by Crippen LogP contribution is 2.40. The van der Waals surface area contributed by atoms with Crippen LogP contribution < -0.4 is 19.8 Å². The number of aromatic amines is 1. The number of amides is 1. The highest BCUT2D eigenvalue weighted by molar-refractivity contribution is 5.81. The van der Waals surface area contributed by atoms with Gasteiger partial charge in [-0.3, -0.25) is 9.59 Å². The van der Waals surface area contributed by atoms with Crippen LogP contribution in [0.2, 0.25) is 0 Å². The first-order chi connectivity index (χ1) is 14.5. The van der Waals surface area contributed by atoms with Gasteiger partial charge in [0.05, 0.1) is 32.9 Å². The number of carbonyl (C=O) groups is 1. The first-order valence-electron chi connectivity index (χ1n) is 9.69. The number of pyridine rings is 1. The monoisotopic (exact) mass is 408 g/mol. The number of nitrogens with zero attached hydrogens (tertiary/aromatic N) is 1. The van der Waals surface area contributed by atoms with Gasteiger partial charge in [0.1, 0.15) is 5.75 Å². The Labute approximate surface area is 174 Å². The van der Waals surface area contributed by atoms with Crippen LogP contribution in [0.4, 0.5) is 0 Å². The summed E-state index contributed by atoms with van der Waals surface area (Å²) in [4.78, 5) is 30.2. The molecule has 1 amide bonds. The number of methoxy groups -OCH3 is 3. The van der Waals surface area contributed by atoms with Crippen LogP contribution in [0, 0.1) is 0 Å². The molecule has 2 heterocycles. The van der Waals surface area contributed by atoms with Gasteiger partial charge in [-0.2, -0.15) is 0 Å². The molecule has 30 heavy (non-hydrogen) atoms. The summed E-state index contributed by atoms with van der Waals surface area (Å²) in [6.45, 7) is 2.04. The van der Waals surface area contributed by atoms with Crippen molar-refractivity contribution < 1.29 is 19.0 Å². The molecule has 2 aromatic carbocycles. The van der Waals surface area contributed by atoms with Gasteiger partial charge >= 0.3 is 0 Å². The van der Waals surface area contributed by atoms with Crippen molar-refractivity contribution >= 4 is 16.8 Å². The number of aromatic nitrogens is 1. The molecule has 0 fully saturated rings. The normalized spacial score (nSPS) is 15.6. The molecule has 1 aliphatic rings. The molecule has 0 saturated heterocycles. The van der Waals surface area contributed by atoms with Crippen LogP contribution in [0.3, 0.4) is 0 Å². The molecule has 1 aromatic heterocycles. The molecule has 156 valence electrons. The number of hydrogen-bond donors (Lipinski definition) is 1. The minimum Gasteiger partial charge on any atom is -0.497 e. The number of hydrogen-bond acceptors (Lipinski definition) is 5. The van der Waals surface area contributed by atoms with Crippen molar-refractivity contribution in [2.75, 3.05) is 27.9 Å². The molecule has 0 aliphatic carbocycles. The van der Waals surface area contributed by atoms with Crippen molar-refractivity contribution in [3.63, 3.8) is 0 Å². The van der Waals surface area contributed by atoms with Crippen molar-refractivity contribution in [3.05, 3.63) is 63.4 Å². The molecule has 4 rings (SSSR count). The second-order valence-electron chi connectivity index (χ2n) is 7.28. The van der Waals surface area contributed by atoms with E-state index >= 15 is 0 Å². The minimum absolute atomic E-state index is 0.0883.